The Bertz CT molecular complexity index is 998. The predicted molar refractivity (Wildman–Crippen MR) is 94.0 cm³/mol. The summed E-state index contributed by atoms with van der Waals surface area (Å²) in [5, 5.41) is 4.45. The van der Waals surface area contributed by atoms with Crippen LogP contribution in [0.4, 0.5) is 5.82 Å². The van der Waals surface area contributed by atoms with E-state index in [9.17, 15) is 4.79 Å². The topological polar surface area (TPSA) is 81.2 Å². The van der Waals surface area contributed by atoms with E-state index in [1.807, 2.05) is 43.8 Å². The van der Waals surface area contributed by atoms with Crippen LogP contribution in [0.5, 0.6) is 0 Å². The molecule has 0 radical (unpaired) electrons. The lowest BCUT2D eigenvalue weighted by molar-refractivity contribution is -0.117. The largest absolute Gasteiger partial charge is 0.332 e. The highest BCUT2D eigenvalue weighted by atomic mass is 16.2. The summed E-state index contributed by atoms with van der Waals surface area (Å²) >= 11 is 0. The van der Waals surface area contributed by atoms with Gasteiger partial charge in [-0.3, -0.25) is 9.69 Å². The summed E-state index contributed by atoms with van der Waals surface area (Å²) in [6, 6.07) is 1.97. The highest BCUT2D eigenvalue weighted by Crippen LogP contribution is 2.21. The zero-order chi connectivity index (χ0) is 17.6. The second kappa shape index (κ2) is 5.80. The third-order valence-corrected chi connectivity index (χ3v) is 4.27. The van der Waals surface area contributed by atoms with E-state index in [1.165, 1.54) is 0 Å². The van der Waals surface area contributed by atoms with E-state index >= 15 is 0 Å². The van der Waals surface area contributed by atoms with Gasteiger partial charge in [-0.15, -0.1) is 5.10 Å². The van der Waals surface area contributed by atoms with Crippen molar-refractivity contribution in [2.24, 2.45) is 7.05 Å². The molecule has 3 aromatic rings. The molecule has 0 aliphatic carbocycles. The Hall–Kier alpha value is -3.03. The molecule has 0 atom stereocenters. The number of amides is 1. The number of imidazole rings is 1. The van der Waals surface area contributed by atoms with Crippen LogP contribution in [-0.2, 0) is 11.8 Å². The molecular formula is C17H19N7O. The van der Waals surface area contributed by atoms with Gasteiger partial charge in [-0.05, 0) is 38.5 Å². The molecule has 1 amide bonds. The van der Waals surface area contributed by atoms with Gasteiger partial charge in [-0.2, -0.15) is 4.98 Å². The summed E-state index contributed by atoms with van der Waals surface area (Å²) < 4.78 is 3.61. The number of fused-ring (bicyclic) bond motifs is 1. The van der Waals surface area contributed by atoms with Crippen molar-refractivity contribution in [2.75, 3.05) is 11.4 Å². The van der Waals surface area contributed by atoms with Gasteiger partial charge in [-0.25, -0.2) is 14.5 Å². The highest BCUT2D eigenvalue weighted by molar-refractivity contribution is 5.94. The quantitative estimate of drug-likeness (QED) is 0.727. The average Bonchev–Trinajstić information content (AvgIpc) is 3.24. The molecule has 8 heteroatoms. The summed E-state index contributed by atoms with van der Waals surface area (Å²) in [5.74, 6) is 2.73. The van der Waals surface area contributed by atoms with Crippen LogP contribution in [0.2, 0.25) is 0 Å². The molecule has 4 rings (SSSR count). The Labute approximate surface area is 144 Å². The molecule has 1 fully saturated rings. The van der Waals surface area contributed by atoms with Crippen molar-refractivity contribution in [3.63, 3.8) is 0 Å². The van der Waals surface area contributed by atoms with Crippen LogP contribution in [0, 0.1) is 13.8 Å². The van der Waals surface area contributed by atoms with Gasteiger partial charge >= 0.3 is 0 Å². The molecule has 0 unspecified atom stereocenters. The van der Waals surface area contributed by atoms with Crippen LogP contribution in [-0.4, -0.2) is 41.6 Å². The lowest BCUT2D eigenvalue weighted by Gasteiger charge is -2.10. The number of nitrogens with zero attached hydrogens (tertiary/aromatic N) is 7. The van der Waals surface area contributed by atoms with Crippen molar-refractivity contribution >= 4 is 29.7 Å². The summed E-state index contributed by atoms with van der Waals surface area (Å²) in [7, 11) is 1.91. The number of aryl methyl sites for hydroxylation is 3. The van der Waals surface area contributed by atoms with E-state index in [1.54, 1.807) is 15.5 Å². The fourth-order valence-electron chi connectivity index (χ4n) is 3.04. The van der Waals surface area contributed by atoms with E-state index in [4.69, 9.17) is 0 Å². The molecule has 0 aromatic carbocycles. The highest BCUT2D eigenvalue weighted by Gasteiger charge is 2.24. The average molecular weight is 337 g/mol. The summed E-state index contributed by atoms with van der Waals surface area (Å²) in [6.07, 6.45) is 7.01. The molecule has 1 aliphatic heterocycles. The van der Waals surface area contributed by atoms with E-state index in [0.717, 1.165) is 30.2 Å². The molecule has 25 heavy (non-hydrogen) atoms. The maximum Gasteiger partial charge on any atom is 0.253 e. The third-order valence-electron chi connectivity index (χ3n) is 4.27. The van der Waals surface area contributed by atoms with Gasteiger partial charge in [0.25, 0.3) is 5.78 Å². The number of rotatable bonds is 3. The Balaban J connectivity index is 1.63. The van der Waals surface area contributed by atoms with Crippen molar-refractivity contribution in [3.8, 4) is 0 Å². The first-order valence-corrected chi connectivity index (χ1v) is 8.24. The monoisotopic (exact) mass is 337 g/mol. The second-order valence-corrected chi connectivity index (χ2v) is 6.27. The minimum atomic E-state index is 0.132. The van der Waals surface area contributed by atoms with Crippen LogP contribution in [0.15, 0.2) is 12.3 Å². The Morgan fingerprint density at radius 3 is 2.76 bits per heavy atom. The number of hydrogen-bond acceptors (Lipinski definition) is 5. The maximum atomic E-state index is 11.9. The van der Waals surface area contributed by atoms with Gasteiger partial charge in [0.15, 0.2) is 11.6 Å². The second-order valence-electron chi connectivity index (χ2n) is 6.27. The number of carbonyl (C=O) groups is 1. The number of carbonyl (C=O) groups excluding carboxylic acids is 1. The summed E-state index contributed by atoms with van der Waals surface area (Å²) in [4.78, 5) is 27.0. The molecule has 0 saturated carbocycles. The van der Waals surface area contributed by atoms with Crippen LogP contribution in [0.25, 0.3) is 17.9 Å². The SMILES string of the molecule is Cc1cc(C)n2nc(/C=C/c3nc(N4CCCC4=O)cn3C)nc2n1. The standard InChI is InChI=1S/C17H19N7O/c1-11-9-12(2)24-17(18-11)19-13(21-24)6-7-14-20-15(10-22(14)3)23-8-4-5-16(23)25/h6-7,9-10H,4-5,8H2,1-3H3/b7-6+. The first-order valence-electron chi connectivity index (χ1n) is 8.24. The molecule has 1 saturated heterocycles. The van der Waals surface area contributed by atoms with Gasteiger partial charge in [0, 0.05) is 37.6 Å². The minimum Gasteiger partial charge on any atom is -0.332 e. The van der Waals surface area contributed by atoms with Gasteiger partial charge in [0.05, 0.1) is 0 Å². The first kappa shape index (κ1) is 15.5. The normalized spacial score (nSPS) is 15.2. The summed E-state index contributed by atoms with van der Waals surface area (Å²) in [6.45, 7) is 4.64. The Kier molecular flexibility index (Phi) is 3.60. The van der Waals surface area contributed by atoms with Crippen LogP contribution in [0.1, 0.15) is 35.9 Å². The fraction of sp³-hybridized carbons (Fsp3) is 0.353. The third kappa shape index (κ3) is 2.79. The van der Waals surface area contributed by atoms with Crippen molar-refractivity contribution in [3.05, 3.63) is 35.3 Å². The molecule has 0 bridgehead atoms. The van der Waals surface area contributed by atoms with Crippen LogP contribution < -0.4 is 4.90 Å². The van der Waals surface area contributed by atoms with Crippen molar-refractivity contribution in [1.29, 1.82) is 0 Å². The van der Waals surface area contributed by atoms with E-state index in [-0.39, 0.29) is 5.91 Å². The maximum absolute atomic E-state index is 11.9. The first-order chi connectivity index (χ1) is 12.0. The summed E-state index contributed by atoms with van der Waals surface area (Å²) in [5.41, 5.74) is 1.90. The van der Waals surface area contributed by atoms with E-state index < -0.39 is 0 Å². The van der Waals surface area contributed by atoms with Crippen molar-refractivity contribution in [2.45, 2.75) is 26.7 Å². The van der Waals surface area contributed by atoms with Crippen molar-refractivity contribution < 1.29 is 4.79 Å². The van der Waals surface area contributed by atoms with Gasteiger partial charge in [-0.1, -0.05) is 0 Å². The molecule has 128 valence electrons. The molecule has 8 nitrogen and oxygen atoms in total. The minimum absolute atomic E-state index is 0.132. The van der Waals surface area contributed by atoms with Crippen molar-refractivity contribution in [1.82, 2.24) is 29.1 Å². The molecule has 0 spiro atoms. The lowest BCUT2D eigenvalue weighted by atomic mass is 10.4. The smallest absolute Gasteiger partial charge is 0.253 e. The zero-order valence-corrected chi connectivity index (χ0v) is 14.5. The molecule has 1 aliphatic rings. The molecular weight excluding hydrogens is 318 g/mol. The molecule has 4 heterocycles. The Morgan fingerprint density at radius 2 is 2.00 bits per heavy atom. The van der Waals surface area contributed by atoms with Gasteiger partial charge in [0.2, 0.25) is 5.91 Å². The number of hydrogen-bond donors (Lipinski definition) is 0. The zero-order valence-electron chi connectivity index (χ0n) is 14.5. The molecule has 3 aromatic heterocycles. The van der Waals surface area contributed by atoms with E-state index in [2.05, 4.69) is 20.1 Å². The van der Waals surface area contributed by atoms with Crippen LogP contribution in [0.3, 0.4) is 0 Å². The fourth-order valence-corrected chi connectivity index (χ4v) is 3.04. The van der Waals surface area contributed by atoms with Crippen LogP contribution >= 0.6 is 0 Å². The van der Waals surface area contributed by atoms with Gasteiger partial charge in [0.1, 0.15) is 5.82 Å². The number of aromatic nitrogens is 6. The number of anilines is 1. The lowest BCUT2D eigenvalue weighted by Crippen LogP contribution is -2.23. The van der Waals surface area contributed by atoms with E-state index in [0.29, 0.717) is 23.8 Å². The predicted octanol–water partition coefficient (Wildman–Crippen LogP) is 1.77. The Morgan fingerprint density at radius 1 is 1.16 bits per heavy atom. The van der Waals surface area contributed by atoms with Gasteiger partial charge < -0.3 is 4.57 Å². The molecule has 0 N–H and O–H groups in total.